The van der Waals surface area contributed by atoms with E-state index in [-0.39, 0.29) is 12.4 Å². The molecule has 1 N–H and O–H groups in total. The number of aryl methyl sites for hydroxylation is 1. The Balaban J connectivity index is 2.87. The molecule has 0 aliphatic heterocycles. The number of hydrogen-bond donors (Lipinski definition) is 1. The van der Waals surface area contributed by atoms with Gasteiger partial charge in [0.1, 0.15) is 0 Å². The third kappa shape index (κ3) is 3.56. The third-order valence-electron chi connectivity index (χ3n) is 2.92. The first-order valence-electron chi connectivity index (χ1n) is 5.97. The molecule has 1 aromatic rings. The molecule has 0 aromatic heterocycles. The minimum Gasteiger partial charge on any atom is -0.466 e. The first-order chi connectivity index (χ1) is 8.01. The van der Waals surface area contributed by atoms with Crippen LogP contribution >= 0.6 is 0 Å². The summed E-state index contributed by atoms with van der Waals surface area (Å²) in [5.41, 5.74) is 0.766. The van der Waals surface area contributed by atoms with Crippen molar-refractivity contribution in [3.05, 3.63) is 35.4 Å². The number of carbonyl (C=O) groups is 1. The van der Waals surface area contributed by atoms with Gasteiger partial charge in [-0.05, 0) is 25.8 Å². The van der Waals surface area contributed by atoms with Crippen LogP contribution in [0.4, 0.5) is 0 Å². The van der Waals surface area contributed by atoms with E-state index in [4.69, 9.17) is 4.74 Å². The lowest BCUT2D eigenvalue weighted by atomic mass is 9.87. The second-order valence-electron chi connectivity index (χ2n) is 4.23. The van der Waals surface area contributed by atoms with Crippen LogP contribution < -0.4 is 0 Å². The summed E-state index contributed by atoms with van der Waals surface area (Å²) in [5.74, 6) is -0.363. The molecule has 0 aliphatic rings. The maximum absolute atomic E-state index is 11.5. The molecule has 1 rings (SSSR count). The first-order valence-corrected chi connectivity index (χ1v) is 5.97. The number of ether oxygens (including phenoxy) is 1. The van der Waals surface area contributed by atoms with E-state index in [9.17, 15) is 9.90 Å². The second kappa shape index (κ2) is 5.82. The molecule has 0 saturated carbocycles. The van der Waals surface area contributed by atoms with Crippen molar-refractivity contribution in [1.29, 1.82) is 0 Å². The zero-order valence-corrected chi connectivity index (χ0v) is 10.7. The molecule has 1 aromatic carbocycles. The van der Waals surface area contributed by atoms with Crippen molar-refractivity contribution >= 4 is 5.97 Å². The summed E-state index contributed by atoms with van der Waals surface area (Å²) in [4.78, 5) is 11.5. The molecule has 17 heavy (non-hydrogen) atoms. The van der Waals surface area contributed by atoms with Crippen molar-refractivity contribution in [3.63, 3.8) is 0 Å². The van der Waals surface area contributed by atoms with Gasteiger partial charge in [0.15, 0.2) is 0 Å². The zero-order valence-electron chi connectivity index (χ0n) is 10.7. The van der Waals surface area contributed by atoms with Crippen LogP contribution in [0.2, 0.25) is 0 Å². The van der Waals surface area contributed by atoms with Crippen LogP contribution in [-0.2, 0) is 15.1 Å². The normalized spacial score (nSPS) is 14.1. The van der Waals surface area contributed by atoms with Gasteiger partial charge in [0.05, 0.1) is 18.6 Å². The van der Waals surface area contributed by atoms with E-state index in [1.165, 1.54) is 0 Å². The maximum Gasteiger partial charge on any atom is 0.309 e. The van der Waals surface area contributed by atoms with Crippen LogP contribution in [0.3, 0.4) is 0 Å². The van der Waals surface area contributed by atoms with Gasteiger partial charge >= 0.3 is 5.97 Å². The number of rotatable bonds is 5. The number of aliphatic hydroxyl groups is 1. The summed E-state index contributed by atoms with van der Waals surface area (Å²) < 4.78 is 4.89. The fourth-order valence-corrected chi connectivity index (χ4v) is 1.75. The molecular formula is C14H20O3. The van der Waals surface area contributed by atoms with Crippen molar-refractivity contribution < 1.29 is 14.6 Å². The van der Waals surface area contributed by atoms with Gasteiger partial charge in [-0.15, -0.1) is 0 Å². The molecule has 0 fully saturated rings. The monoisotopic (exact) mass is 236 g/mol. The van der Waals surface area contributed by atoms with Crippen molar-refractivity contribution in [2.45, 2.75) is 39.2 Å². The molecule has 0 aliphatic carbocycles. The fourth-order valence-electron chi connectivity index (χ4n) is 1.75. The largest absolute Gasteiger partial charge is 0.466 e. The molecule has 0 heterocycles. The van der Waals surface area contributed by atoms with E-state index in [1.807, 2.05) is 38.1 Å². The summed E-state index contributed by atoms with van der Waals surface area (Å²) in [6.07, 6.45) is 0.481. The van der Waals surface area contributed by atoms with Crippen LogP contribution in [-0.4, -0.2) is 17.7 Å². The van der Waals surface area contributed by atoms with Crippen molar-refractivity contribution in [2.24, 2.45) is 0 Å². The molecule has 3 heteroatoms. The Morgan fingerprint density at radius 1 is 1.29 bits per heavy atom. The minimum atomic E-state index is -1.13. The summed E-state index contributed by atoms with van der Waals surface area (Å²) in [7, 11) is 0. The van der Waals surface area contributed by atoms with E-state index < -0.39 is 5.60 Å². The molecule has 0 spiro atoms. The van der Waals surface area contributed by atoms with Gasteiger partial charge in [-0.3, -0.25) is 4.79 Å². The molecular weight excluding hydrogens is 216 g/mol. The van der Waals surface area contributed by atoms with Crippen LogP contribution in [0.25, 0.3) is 0 Å². The van der Waals surface area contributed by atoms with Gasteiger partial charge in [0.2, 0.25) is 0 Å². The van der Waals surface area contributed by atoms with Crippen molar-refractivity contribution in [2.75, 3.05) is 6.61 Å². The molecule has 0 radical (unpaired) electrons. The van der Waals surface area contributed by atoms with E-state index >= 15 is 0 Å². The molecule has 0 bridgehead atoms. The highest BCUT2D eigenvalue weighted by atomic mass is 16.5. The SMILES string of the molecule is CCOC(=O)CC(O)(CC)c1ccc(C)cc1. The number of carbonyl (C=O) groups excluding carboxylic acids is 1. The Bertz CT molecular complexity index is 370. The van der Waals surface area contributed by atoms with Crippen molar-refractivity contribution in [1.82, 2.24) is 0 Å². The van der Waals surface area contributed by atoms with Gasteiger partial charge in [-0.25, -0.2) is 0 Å². The number of benzene rings is 1. The quantitative estimate of drug-likeness (QED) is 0.799. The minimum absolute atomic E-state index is 0.000398. The topological polar surface area (TPSA) is 46.5 Å². The Hall–Kier alpha value is -1.35. The van der Waals surface area contributed by atoms with E-state index in [2.05, 4.69) is 0 Å². The smallest absolute Gasteiger partial charge is 0.309 e. The fraction of sp³-hybridized carbons (Fsp3) is 0.500. The Morgan fingerprint density at radius 2 is 1.88 bits per heavy atom. The van der Waals surface area contributed by atoms with Gasteiger partial charge in [-0.1, -0.05) is 36.8 Å². The highest BCUT2D eigenvalue weighted by molar-refractivity contribution is 5.71. The third-order valence-corrected chi connectivity index (χ3v) is 2.92. The highest BCUT2D eigenvalue weighted by Gasteiger charge is 2.30. The Morgan fingerprint density at radius 3 is 2.35 bits per heavy atom. The van der Waals surface area contributed by atoms with Crippen molar-refractivity contribution in [3.8, 4) is 0 Å². The maximum atomic E-state index is 11.5. The second-order valence-corrected chi connectivity index (χ2v) is 4.23. The van der Waals surface area contributed by atoms with E-state index in [1.54, 1.807) is 6.92 Å². The summed E-state index contributed by atoms with van der Waals surface area (Å²) >= 11 is 0. The first kappa shape index (κ1) is 13.7. The summed E-state index contributed by atoms with van der Waals surface area (Å²) in [5, 5.41) is 10.5. The molecule has 1 unspecified atom stereocenters. The van der Waals surface area contributed by atoms with Gasteiger partial charge in [-0.2, -0.15) is 0 Å². The van der Waals surface area contributed by atoms with Gasteiger partial charge in [0.25, 0.3) is 0 Å². The van der Waals surface area contributed by atoms with E-state index in [0.717, 1.165) is 11.1 Å². The Labute approximate surface area is 102 Å². The van der Waals surface area contributed by atoms with Crippen LogP contribution in [0.15, 0.2) is 24.3 Å². The predicted octanol–water partition coefficient (Wildman–Crippen LogP) is 2.55. The lowest BCUT2D eigenvalue weighted by molar-refractivity contribution is -0.149. The molecule has 94 valence electrons. The Kier molecular flexibility index (Phi) is 4.70. The standard InChI is InChI=1S/C14H20O3/c1-4-14(16,10-13(15)17-5-2)12-8-6-11(3)7-9-12/h6-9,16H,4-5,10H2,1-3H3. The number of hydrogen-bond acceptors (Lipinski definition) is 3. The highest BCUT2D eigenvalue weighted by Crippen LogP contribution is 2.29. The van der Waals surface area contributed by atoms with Crippen LogP contribution in [0.5, 0.6) is 0 Å². The summed E-state index contributed by atoms with van der Waals surface area (Å²) in [6.45, 7) is 5.94. The average molecular weight is 236 g/mol. The lowest BCUT2D eigenvalue weighted by Crippen LogP contribution is -2.29. The molecule has 0 saturated heterocycles. The molecule has 1 atom stereocenters. The molecule has 0 amide bonds. The van der Waals surface area contributed by atoms with Crippen LogP contribution in [0.1, 0.15) is 37.8 Å². The predicted molar refractivity (Wildman–Crippen MR) is 66.6 cm³/mol. The van der Waals surface area contributed by atoms with Gasteiger partial charge < -0.3 is 9.84 Å². The number of esters is 1. The molecule has 3 nitrogen and oxygen atoms in total. The van der Waals surface area contributed by atoms with Gasteiger partial charge in [0, 0.05) is 0 Å². The average Bonchev–Trinajstić information content (AvgIpc) is 2.30. The van der Waals surface area contributed by atoms with Crippen LogP contribution in [0, 0.1) is 6.92 Å². The lowest BCUT2D eigenvalue weighted by Gasteiger charge is -2.26. The zero-order chi connectivity index (χ0) is 12.9. The summed E-state index contributed by atoms with van der Waals surface area (Å²) in [6, 6.07) is 7.58. The van der Waals surface area contributed by atoms with E-state index in [0.29, 0.717) is 13.0 Å².